The van der Waals surface area contributed by atoms with Crippen molar-refractivity contribution in [3.63, 3.8) is 0 Å². The summed E-state index contributed by atoms with van der Waals surface area (Å²) in [5.41, 5.74) is 9.30. The number of nitrogens with zero attached hydrogens (tertiary/aromatic N) is 1. The van der Waals surface area contributed by atoms with Crippen LogP contribution in [-0.2, 0) is 19.6 Å². The fraction of sp³-hybridized carbons (Fsp3) is 0.300. The molecule has 0 bridgehead atoms. The van der Waals surface area contributed by atoms with Crippen LogP contribution in [0.1, 0.15) is 0 Å². The van der Waals surface area contributed by atoms with Crippen molar-refractivity contribution in [1.82, 2.24) is 4.72 Å². The van der Waals surface area contributed by atoms with E-state index < -0.39 is 31.4 Å². The van der Waals surface area contributed by atoms with Crippen LogP contribution in [0, 0.1) is 10.1 Å². The molecule has 5 N–H and O–H groups in total. The number of nitro benzene ring substituents is 1. The minimum Gasteiger partial charge on any atom is -0.393 e. The third kappa shape index (κ3) is 4.66. The van der Waals surface area contributed by atoms with Crippen molar-refractivity contribution in [1.29, 1.82) is 0 Å². The molecule has 0 heterocycles. The fourth-order valence-electron chi connectivity index (χ4n) is 1.45. The first kappa shape index (κ1) is 16.8. The molecule has 0 saturated heterocycles. The van der Waals surface area contributed by atoms with Gasteiger partial charge in [0.25, 0.3) is 0 Å². The number of para-hydroxylation sites is 1. The normalized spacial score (nSPS) is 11.2. The van der Waals surface area contributed by atoms with E-state index in [1.165, 1.54) is 12.1 Å². The molecule has 1 rings (SSSR count). The maximum absolute atomic E-state index is 12.0. The third-order valence-corrected chi connectivity index (χ3v) is 3.78. The highest BCUT2D eigenvalue weighted by atomic mass is 32.2. The Labute approximate surface area is 120 Å². The molecule has 0 atom stereocenters. The summed E-state index contributed by atoms with van der Waals surface area (Å²) < 4.78 is 30.9. The van der Waals surface area contributed by atoms with E-state index in [2.05, 4.69) is 4.72 Å². The number of sulfonamides is 1. The van der Waals surface area contributed by atoms with Gasteiger partial charge in [-0.25, -0.2) is 13.1 Å². The van der Waals surface area contributed by atoms with Crippen molar-refractivity contribution >= 4 is 27.3 Å². The Balaban J connectivity index is 2.82. The molecule has 0 fully saturated rings. The molecule has 0 aliphatic rings. The first-order chi connectivity index (χ1) is 9.75. The summed E-state index contributed by atoms with van der Waals surface area (Å²) in [5, 5.41) is 10.9. The second kappa shape index (κ2) is 6.97. The van der Waals surface area contributed by atoms with E-state index in [1.807, 2.05) is 0 Å². The second-order valence-corrected chi connectivity index (χ2v) is 5.60. The average molecular weight is 318 g/mol. The lowest BCUT2D eigenvalue weighted by molar-refractivity contribution is -0.386. The van der Waals surface area contributed by atoms with E-state index in [1.54, 1.807) is 0 Å². The molecule has 1 aromatic carbocycles. The van der Waals surface area contributed by atoms with Crippen LogP contribution >= 0.6 is 0 Å². The fourth-order valence-corrected chi connectivity index (χ4v) is 2.66. The number of rotatable bonds is 8. The summed E-state index contributed by atoms with van der Waals surface area (Å²) in [6, 6.07) is 3.59. The van der Waals surface area contributed by atoms with Crippen molar-refractivity contribution in [3.8, 4) is 0 Å². The zero-order valence-corrected chi connectivity index (χ0v) is 11.6. The number of carbonyl (C=O) groups is 1. The van der Waals surface area contributed by atoms with E-state index in [9.17, 15) is 23.3 Å². The van der Waals surface area contributed by atoms with Crippen LogP contribution in [0.2, 0.25) is 0 Å². The van der Waals surface area contributed by atoms with Crippen molar-refractivity contribution in [2.75, 3.05) is 25.5 Å². The van der Waals surface area contributed by atoms with Crippen LogP contribution in [0.4, 0.5) is 11.4 Å². The average Bonchev–Trinajstić information content (AvgIpc) is 2.37. The minimum absolute atomic E-state index is 0.113. The number of nitrogens with two attached hydrogens (primary N) is 2. The molecule has 0 radical (unpaired) electrons. The van der Waals surface area contributed by atoms with Crippen LogP contribution in [-0.4, -0.2) is 39.0 Å². The quantitative estimate of drug-likeness (QED) is 0.238. The molecule has 0 unspecified atom stereocenters. The van der Waals surface area contributed by atoms with Crippen molar-refractivity contribution < 1.29 is 22.9 Å². The van der Waals surface area contributed by atoms with Gasteiger partial charge in [-0.05, 0) is 12.1 Å². The number of primary amides is 1. The standard InChI is InChI=1S/C10H14N4O6S/c11-7-2-1-3-8(10(7)14(16)17)21(18,19)13-4-5-20-6-9(12)15/h1-3,13H,4-6,11H2,(H2,12,15). The molecule has 10 nitrogen and oxygen atoms in total. The minimum atomic E-state index is -4.13. The van der Waals surface area contributed by atoms with Gasteiger partial charge in [0.15, 0.2) is 4.90 Å². The number of carbonyl (C=O) groups excluding carboxylic acids is 1. The zero-order chi connectivity index (χ0) is 16.0. The lowest BCUT2D eigenvalue weighted by atomic mass is 10.3. The SMILES string of the molecule is NC(=O)COCCNS(=O)(=O)c1cccc(N)c1[N+](=O)[O-]. The Hall–Kier alpha value is -2.24. The number of ether oxygens (including phenoxy) is 1. The number of hydrogen-bond acceptors (Lipinski definition) is 7. The number of nitrogens with one attached hydrogen (secondary N) is 1. The summed E-state index contributed by atoms with van der Waals surface area (Å²) in [4.78, 5) is 19.9. The molecule has 0 aliphatic carbocycles. The van der Waals surface area contributed by atoms with E-state index in [0.717, 1.165) is 6.07 Å². The Morgan fingerprint density at radius 3 is 2.67 bits per heavy atom. The third-order valence-electron chi connectivity index (χ3n) is 2.29. The molecular weight excluding hydrogens is 304 g/mol. The molecule has 1 amide bonds. The predicted octanol–water partition coefficient (Wildman–Crippen LogP) is -1.04. The molecule has 0 saturated carbocycles. The van der Waals surface area contributed by atoms with Gasteiger partial charge in [0.2, 0.25) is 15.9 Å². The number of nitrogen functional groups attached to an aromatic ring is 1. The maximum atomic E-state index is 12.0. The number of nitro groups is 1. The van der Waals surface area contributed by atoms with Gasteiger partial charge in [-0.15, -0.1) is 0 Å². The molecule has 0 spiro atoms. The summed E-state index contributed by atoms with van der Waals surface area (Å²) in [5.74, 6) is -0.690. The van der Waals surface area contributed by atoms with E-state index >= 15 is 0 Å². The van der Waals surface area contributed by atoms with Crippen molar-refractivity contribution in [3.05, 3.63) is 28.3 Å². The van der Waals surface area contributed by atoms with E-state index in [-0.39, 0.29) is 25.4 Å². The summed E-state index contributed by atoms with van der Waals surface area (Å²) >= 11 is 0. The first-order valence-electron chi connectivity index (χ1n) is 5.64. The highest BCUT2D eigenvalue weighted by Gasteiger charge is 2.27. The summed E-state index contributed by atoms with van der Waals surface area (Å²) in [6.07, 6.45) is 0. The van der Waals surface area contributed by atoms with Gasteiger partial charge in [-0.2, -0.15) is 0 Å². The monoisotopic (exact) mass is 318 g/mol. The smallest absolute Gasteiger partial charge is 0.312 e. The van der Waals surface area contributed by atoms with Gasteiger partial charge in [0.05, 0.1) is 11.5 Å². The van der Waals surface area contributed by atoms with E-state index in [0.29, 0.717) is 0 Å². The number of hydrogen-bond donors (Lipinski definition) is 3. The Kier molecular flexibility index (Phi) is 5.58. The Morgan fingerprint density at radius 2 is 2.10 bits per heavy atom. The number of anilines is 1. The lowest BCUT2D eigenvalue weighted by Gasteiger charge is -2.08. The molecule has 0 aromatic heterocycles. The van der Waals surface area contributed by atoms with Gasteiger partial charge in [-0.1, -0.05) is 6.07 Å². The zero-order valence-electron chi connectivity index (χ0n) is 10.8. The second-order valence-electron chi connectivity index (χ2n) is 3.87. The highest BCUT2D eigenvalue weighted by molar-refractivity contribution is 7.89. The molecule has 0 aliphatic heterocycles. The molecule has 21 heavy (non-hydrogen) atoms. The number of amides is 1. The highest BCUT2D eigenvalue weighted by Crippen LogP contribution is 2.29. The van der Waals surface area contributed by atoms with Crippen LogP contribution in [0.5, 0.6) is 0 Å². The van der Waals surface area contributed by atoms with Crippen LogP contribution in [0.25, 0.3) is 0 Å². The predicted molar refractivity (Wildman–Crippen MR) is 72.7 cm³/mol. The van der Waals surface area contributed by atoms with Gasteiger partial charge < -0.3 is 16.2 Å². The summed E-state index contributed by atoms with van der Waals surface area (Å²) in [7, 11) is -4.13. The van der Waals surface area contributed by atoms with Gasteiger partial charge in [-0.3, -0.25) is 14.9 Å². The van der Waals surface area contributed by atoms with Crippen LogP contribution in [0.15, 0.2) is 23.1 Å². The van der Waals surface area contributed by atoms with Gasteiger partial charge in [0, 0.05) is 6.54 Å². The Morgan fingerprint density at radius 1 is 1.43 bits per heavy atom. The van der Waals surface area contributed by atoms with Crippen molar-refractivity contribution in [2.45, 2.75) is 4.90 Å². The summed E-state index contributed by atoms with van der Waals surface area (Å²) in [6.45, 7) is -0.639. The van der Waals surface area contributed by atoms with Crippen molar-refractivity contribution in [2.24, 2.45) is 5.73 Å². The van der Waals surface area contributed by atoms with Gasteiger partial charge >= 0.3 is 5.69 Å². The molecular formula is C10H14N4O6S. The molecule has 11 heteroatoms. The molecule has 1 aromatic rings. The topological polar surface area (TPSA) is 168 Å². The molecule has 116 valence electrons. The Bertz CT molecular complexity index is 645. The first-order valence-corrected chi connectivity index (χ1v) is 7.12. The number of benzene rings is 1. The lowest BCUT2D eigenvalue weighted by Crippen LogP contribution is -2.29. The van der Waals surface area contributed by atoms with Crippen LogP contribution in [0.3, 0.4) is 0 Å². The largest absolute Gasteiger partial charge is 0.393 e. The van der Waals surface area contributed by atoms with Gasteiger partial charge in [0.1, 0.15) is 12.3 Å². The maximum Gasteiger partial charge on any atom is 0.312 e. The van der Waals surface area contributed by atoms with Crippen LogP contribution < -0.4 is 16.2 Å². The van der Waals surface area contributed by atoms with E-state index in [4.69, 9.17) is 16.2 Å².